The Kier molecular flexibility index (Phi) is 5.75. The zero-order chi connectivity index (χ0) is 17.7. The molecule has 0 saturated carbocycles. The van der Waals surface area contributed by atoms with E-state index in [9.17, 15) is 9.90 Å². The van der Waals surface area contributed by atoms with Crippen molar-refractivity contribution in [1.29, 1.82) is 0 Å². The van der Waals surface area contributed by atoms with Crippen molar-refractivity contribution >= 4 is 5.91 Å². The number of aromatic nitrogens is 1. The van der Waals surface area contributed by atoms with Gasteiger partial charge in [0.2, 0.25) is 0 Å². The average molecular weight is 332 g/mol. The first kappa shape index (κ1) is 18.2. The summed E-state index contributed by atoms with van der Waals surface area (Å²) in [7, 11) is 1.53. The molecule has 1 aromatic heterocycles. The fraction of sp³-hybridized carbons (Fsp3) is 0.444. The van der Waals surface area contributed by atoms with Gasteiger partial charge in [-0.2, -0.15) is 0 Å². The van der Waals surface area contributed by atoms with Crippen LogP contribution in [0.3, 0.4) is 0 Å². The molecular weight excluding hydrogens is 308 g/mol. The minimum absolute atomic E-state index is 0.0601. The van der Waals surface area contributed by atoms with Crippen molar-refractivity contribution in [3.8, 4) is 0 Å². The second-order valence-corrected chi connectivity index (χ2v) is 6.71. The number of carbonyl (C=O) groups excluding carboxylic acids is 1. The molecule has 0 aliphatic rings. The maximum absolute atomic E-state index is 12.0. The molecule has 2 aromatic rings. The second-order valence-electron chi connectivity index (χ2n) is 6.71. The molecule has 2 rings (SSSR count). The highest BCUT2D eigenvalue weighted by molar-refractivity contribution is 5.92. The highest BCUT2D eigenvalue weighted by Crippen LogP contribution is 2.23. The van der Waals surface area contributed by atoms with Gasteiger partial charge < -0.3 is 19.7 Å². The molecule has 0 spiro atoms. The van der Waals surface area contributed by atoms with Crippen molar-refractivity contribution in [3.63, 3.8) is 0 Å². The molecule has 0 aliphatic carbocycles. The van der Waals surface area contributed by atoms with Gasteiger partial charge in [0.15, 0.2) is 11.5 Å². The van der Waals surface area contributed by atoms with E-state index >= 15 is 0 Å². The van der Waals surface area contributed by atoms with Crippen LogP contribution in [-0.2, 0) is 16.8 Å². The lowest BCUT2D eigenvalue weighted by molar-refractivity contribution is 0.0906. The molecule has 24 heavy (non-hydrogen) atoms. The van der Waals surface area contributed by atoms with E-state index in [0.717, 1.165) is 5.56 Å². The molecule has 1 amide bonds. The van der Waals surface area contributed by atoms with Gasteiger partial charge >= 0.3 is 0 Å². The Bertz CT molecular complexity index is 671. The molecule has 1 unspecified atom stereocenters. The number of aliphatic hydroxyl groups excluding tert-OH is 1. The van der Waals surface area contributed by atoms with Crippen LogP contribution in [0.4, 0.5) is 0 Å². The first-order chi connectivity index (χ1) is 11.3. The largest absolute Gasteiger partial charge is 0.387 e. The van der Waals surface area contributed by atoms with Crippen LogP contribution in [0.25, 0.3) is 0 Å². The maximum Gasteiger partial charge on any atom is 0.273 e. The average Bonchev–Trinajstić information content (AvgIpc) is 3.00. The van der Waals surface area contributed by atoms with Gasteiger partial charge in [-0.1, -0.05) is 50.2 Å². The summed E-state index contributed by atoms with van der Waals surface area (Å²) in [6.45, 7) is 6.75. The minimum atomic E-state index is -0.784. The summed E-state index contributed by atoms with van der Waals surface area (Å²) in [6, 6.07) is 9.27. The molecule has 0 saturated heterocycles. The molecule has 0 fully saturated rings. The predicted octanol–water partition coefficient (Wildman–Crippen LogP) is 2.58. The van der Waals surface area contributed by atoms with Crippen molar-refractivity contribution in [2.24, 2.45) is 0 Å². The van der Waals surface area contributed by atoms with Gasteiger partial charge in [0.25, 0.3) is 5.91 Å². The van der Waals surface area contributed by atoms with Gasteiger partial charge in [-0.15, -0.1) is 0 Å². The quantitative estimate of drug-likeness (QED) is 0.849. The fourth-order valence-electron chi connectivity index (χ4n) is 2.23. The molecule has 2 N–H and O–H groups in total. The number of benzene rings is 1. The number of nitrogens with one attached hydrogen (secondary N) is 1. The third-order valence-corrected chi connectivity index (χ3v) is 3.70. The van der Waals surface area contributed by atoms with Crippen LogP contribution >= 0.6 is 0 Å². The molecule has 1 aromatic carbocycles. The van der Waals surface area contributed by atoms with Crippen LogP contribution in [0.2, 0.25) is 0 Å². The van der Waals surface area contributed by atoms with Gasteiger partial charge in [-0.25, -0.2) is 0 Å². The van der Waals surface area contributed by atoms with Gasteiger partial charge in [-0.3, -0.25) is 4.79 Å². The number of carbonyl (C=O) groups is 1. The number of methoxy groups -OCH3 is 1. The molecule has 1 atom stereocenters. The molecule has 0 aliphatic heterocycles. The van der Waals surface area contributed by atoms with E-state index in [1.54, 1.807) is 0 Å². The lowest BCUT2D eigenvalue weighted by atomic mass is 9.86. The summed E-state index contributed by atoms with van der Waals surface area (Å²) in [5.74, 6) is 0.0763. The van der Waals surface area contributed by atoms with Gasteiger partial charge in [0, 0.05) is 19.7 Å². The highest BCUT2D eigenvalue weighted by Gasteiger charge is 2.17. The Morgan fingerprint density at radius 3 is 2.58 bits per heavy atom. The maximum atomic E-state index is 12.0. The van der Waals surface area contributed by atoms with E-state index < -0.39 is 12.0 Å². The van der Waals surface area contributed by atoms with Crippen LogP contribution in [-0.4, -0.2) is 29.8 Å². The standard InChI is InChI=1S/C18H24N2O4/c1-18(2,3)13-7-5-12(6-8-13)16(21)10-19-17(22)15-9-14(11-23-4)24-20-15/h5-9,16,21H,10-11H2,1-4H3,(H,19,22). The Morgan fingerprint density at radius 2 is 2.00 bits per heavy atom. The zero-order valence-electron chi connectivity index (χ0n) is 14.5. The van der Waals surface area contributed by atoms with Crippen molar-refractivity contribution < 1.29 is 19.2 Å². The van der Waals surface area contributed by atoms with Crippen molar-refractivity contribution in [1.82, 2.24) is 10.5 Å². The lowest BCUT2D eigenvalue weighted by Gasteiger charge is -2.20. The molecule has 1 heterocycles. The van der Waals surface area contributed by atoms with Gasteiger partial charge in [-0.05, 0) is 16.5 Å². The van der Waals surface area contributed by atoms with Crippen LogP contribution < -0.4 is 5.32 Å². The Labute approximate surface area is 141 Å². The molecule has 0 bridgehead atoms. The molecule has 6 heteroatoms. The number of amides is 1. The first-order valence-corrected chi connectivity index (χ1v) is 7.82. The van der Waals surface area contributed by atoms with Crippen LogP contribution in [0.5, 0.6) is 0 Å². The van der Waals surface area contributed by atoms with Gasteiger partial charge in [0.1, 0.15) is 6.61 Å². The van der Waals surface area contributed by atoms with E-state index in [1.165, 1.54) is 18.7 Å². The number of hydrogen-bond donors (Lipinski definition) is 2. The van der Waals surface area contributed by atoms with E-state index in [4.69, 9.17) is 9.26 Å². The summed E-state index contributed by atoms with van der Waals surface area (Å²) in [4.78, 5) is 12.0. The number of nitrogens with zero attached hydrogens (tertiary/aromatic N) is 1. The summed E-state index contributed by atoms with van der Waals surface area (Å²) in [5, 5.41) is 16.5. The first-order valence-electron chi connectivity index (χ1n) is 7.82. The summed E-state index contributed by atoms with van der Waals surface area (Å²) in [6.07, 6.45) is -0.784. The van der Waals surface area contributed by atoms with E-state index in [1.807, 2.05) is 24.3 Å². The monoisotopic (exact) mass is 332 g/mol. The smallest absolute Gasteiger partial charge is 0.273 e. The van der Waals surface area contributed by atoms with Crippen LogP contribution in [0, 0.1) is 0 Å². The number of hydrogen-bond acceptors (Lipinski definition) is 5. The van der Waals surface area contributed by atoms with Crippen LogP contribution in [0.1, 0.15) is 54.3 Å². The highest BCUT2D eigenvalue weighted by atomic mass is 16.5. The van der Waals surface area contributed by atoms with E-state index in [2.05, 4.69) is 31.2 Å². The zero-order valence-corrected chi connectivity index (χ0v) is 14.5. The van der Waals surface area contributed by atoms with Crippen LogP contribution in [0.15, 0.2) is 34.9 Å². The molecular formula is C18H24N2O4. The Hall–Kier alpha value is -2.18. The normalized spacial score (nSPS) is 12.9. The Balaban J connectivity index is 1.92. The van der Waals surface area contributed by atoms with Crippen molar-refractivity contribution in [2.45, 2.75) is 38.9 Å². The number of rotatable bonds is 6. The molecule has 130 valence electrons. The molecule has 0 radical (unpaired) electrons. The third kappa shape index (κ3) is 4.66. The summed E-state index contributed by atoms with van der Waals surface area (Å²) >= 11 is 0. The van der Waals surface area contributed by atoms with Crippen molar-refractivity contribution in [2.75, 3.05) is 13.7 Å². The van der Waals surface area contributed by atoms with Gasteiger partial charge in [0.05, 0.1) is 6.10 Å². The van der Waals surface area contributed by atoms with Crippen molar-refractivity contribution in [3.05, 3.63) is 52.9 Å². The predicted molar refractivity (Wildman–Crippen MR) is 89.7 cm³/mol. The summed E-state index contributed by atoms with van der Waals surface area (Å²) < 4.78 is 9.87. The summed E-state index contributed by atoms with van der Waals surface area (Å²) in [5.41, 5.74) is 2.17. The topological polar surface area (TPSA) is 84.6 Å². The third-order valence-electron chi connectivity index (χ3n) is 3.70. The number of aliphatic hydroxyl groups is 1. The second kappa shape index (κ2) is 7.59. The number of ether oxygens (including phenoxy) is 1. The SMILES string of the molecule is COCc1cc(C(=O)NCC(O)c2ccc(C(C)(C)C)cc2)no1. The Morgan fingerprint density at radius 1 is 1.33 bits per heavy atom. The molecule has 6 nitrogen and oxygen atoms in total. The van der Waals surface area contributed by atoms with E-state index in [0.29, 0.717) is 5.76 Å². The minimum Gasteiger partial charge on any atom is -0.387 e. The lowest BCUT2D eigenvalue weighted by Crippen LogP contribution is -2.28. The fourth-order valence-corrected chi connectivity index (χ4v) is 2.23. The van der Waals surface area contributed by atoms with E-state index in [-0.39, 0.29) is 24.3 Å².